The summed E-state index contributed by atoms with van der Waals surface area (Å²) in [5, 5.41) is 7.02. The van der Waals surface area contributed by atoms with Crippen LogP contribution in [-0.4, -0.2) is 56.8 Å². The summed E-state index contributed by atoms with van der Waals surface area (Å²) in [6.07, 6.45) is -4.56. The monoisotopic (exact) mass is 440 g/mol. The molecule has 0 spiro atoms. The maximum atomic E-state index is 13.1. The highest BCUT2D eigenvalue weighted by atomic mass is 35.5. The molecule has 0 amide bonds. The minimum atomic E-state index is -4.59. The number of aryl methyl sites for hydroxylation is 1. The number of anilines is 1. The molecule has 1 aliphatic rings. The Morgan fingerprint density at radius 2 is 1.86 bits per heavy atom. The van der Waals surface area contributed by atoms with Gasteiger partial charge in [0.2, 0.25) is 0 Å². The first kappa shape index (κ1) is 21.5. The number of alkyl halides is 5. The average molecular weight is 441 g/mol. The first-order valence-electron chi connectivity index (χ1n) is 8.65. The van der Waals surface area contributed by atoms with Crippen molar-refractivity contribution in [2.75, 3.05) is 31.1 Å². The summed E-state index contributed by atoms with van der Waals surface area (Å²) in [7, 11) is 1.57. The number of halogens is 6. The number of aromatic nitrogens is 4. The lowest BCUT2D eigenvalue weighted by Crippen LogP contribution is -2.46. The minimum Gasteiger partial charge on any atom is -0.366 e. The predicted octanol–water partition coefficient (Wildman–Crippen LogP) is 2.45. The van der Waals surface area contributed by atoms with Crippen LogP contribution in [0.3, 0.4) is 0 Å². The number of hydrogen-bond acceptors (Lipinski definition) is 5. The Morgan fingerprint density at radius 3 is 2.45 bits per heavy atom. The van der Waals surface area contributed by atoms with E-state index in [1.807, 2.05) is 4.90 Å². The van der Waals surface area contributed by atoms with E-state index in [0.29, 0.717) is 38.3 Å². The Bertz CT molecular complexity index is 919. The van der Waals surface area contributed by atoms with Gasteiger partial charge in [-0.1, -0.05) is 11.6 Å². The van der Waals surface area contributed by atoms with Gasteiger partial charge in [0.15, 0.2) is 0 Å². The van der Waals surface area contributed by atoms with Crippen LogP contribution in [0.1, 0.15) is 17.7 Å². The summed E-state index contributed by atoms with van der Waals surface area (Å²) >= 11 is 5.99. The lowest BCUT2D eigenvalue weighted by molar-refractivity contribution is -0.143. The molecule has 1 fully saturated rings. The van der Waals surface area contributed by atoms with Crippen LogP contribution in [0.4, 0.5) is 27.6 Å². The molecule has 0 unspecified atom stereocenters. The van der Waals surface area contributed by atoms with Gasteiger partial charge < -0.3 is 4.90 Å². The van der Waals surface area contributed by atoms with E-state index in [1.54, 1.807) is 18.1 Å². The fraction of sp³-hybridized carbons (Fsp3) is 0.562. The van der Waals surface area contributed by atoms with E-state index in [1.165, 1.54) is 4.68 Å². The maximum Gasteiger partial charge on any atom is 0.408 e. The molecule has 0 bridgehead atoms. The van der Waals surface area contributed by atoms with Crippen molar-refractivity contribution in [1.82, 2.24) is 24.5 Å². The zero-order valence-corrected chi connectivity index (χ0v) is 16.1. The summed E-state index contributed by atoms with van der Waals surface area (Å²) in [4.78, 5) is 15.8. The third-order valence-corrected chi connectivity index (χ3v) is 4.90. The van der Waals surface area contributed by atoms with E-state index in [9.17, 15) is 26.7 Å². The van der Waals surface area contributed by atoms with Gasteiger partial charge in [0.1, 0.15) is 17.3 Å². The van der Waals surface area contributed by atoms with Crippen molar-refractivity contribution >= 4 is 17.3 Å². The van der Waals surface area contributed by atoms with Crippen molar-refractivity contribution in [3.05, 3.63) is 39.0 Å². The number of piperazine rings is 1. The highest BCUT2D eigenvalue weighted by Crippen LogP contribution is 2.25. The molecule has 0 N–H and O–H groups in total. The lowest BCUT2D eigenvalue weighted by Gasteiger charge is -2.36. The molecule has 0 radical (unpaired) electrons. The molecule has 29 heavy (non-hydrogen) atoms. The van der Waals surface area contributed by atoms with E-state index in [4.69, 9.17) is 11.6 Å². The lowest BCUT2D eigenvalue weighted by atomic mass is 10.2. The van der Waals surface area contributed by atoms with Crippen molar-refractivity contribution in [1.29, 1.82) is 0 Å². The van der Waals surface area contributed by atoms with E-state index < -0.39 is 24.7 Å². The Kier molecular flexibility index (Phi) is 6.13. The van der Waals surface area contributed by atoms with Crippen LogP contribution in [0, 0.1) is 0 Å². The van der Waals surface area contributed by atoms with E-state index in [-0.39, 0.29) is 21.1 Å². The van der Waals surface area contributed by atoms with Gasteiger partial charge in [-0.3, -0.25) is 14.4 Å². The number of hydrogen-bond donors (Lipinski definition) is 0. The zero-order chi connectivity index (χ0) is 21.3. The van der Waals surface area contributed by atoms with Crippen molar-refractivity contribution < 1.29 is 22.0 Å². The summed E-state index contributed by atoms with van der Waals surface area (Å²) in [5.74, 6) is 0. The van der Waals surface area contributed by atoms with E-state index in [0.717, 1.165) is 6.20 Å². The van der Waals surface area contributed by atoms with Crippen molar-refractivity contribution in [2.45, 2.75) is 25.7 Å². The number of nitrogens with zero attached hydrogens (tertiary/aromatic N) is 6. The van der Waals surface area contributed by atoms with Crippen LogP contribution in [0.2, 0.25) is 5.02 Å². The molecule has 13 heteroatoms. The molecule has 0 atom stereocenters. The first-order chi connectivity index (χ1) is 13.5. The van der Waals surface area contributed by atoms with Gasteiger partial charge in [-0.05, 0) is 0 Å². The fourth-order valence-corrected chi connectivity index (χ4v) is 3.47. The second kappa shape index (κ2) is 8.27. The van der Waals surface area contributed by atoms with E-state index in [2.05, 4.69) is 10.2 Å². The van der Waals surface area contributed by atoms with Crippen molar-refractivity contribution in [3.8, 4) is 0 Å². The van der Waals surface area contributed by atoms with Gasteiger partial charge in [0.25, 0.3) is 12.0 Å². The van der Waals surface area contributed by atoms with Gasteiger partial charge in [0.05, 0.1) is 11.9 Å². The second-order valence-corrected chi connectivity index (χ2v) is 7.08. The SMILES string of the molecule is Cn1cc(CN2CCN(c3cnn(CC(F)(F)F)c(=O)c3Cl)CC2)c(C(F)F)n1. The summed E-state index contributed by atoms with van der Waals surface area (Å²) in [5.41, 5.74) is -0.578. The van der Waals surface area contributed by atoms with Crippen molar-refractivity contribution in [3.63, 3.8) is 0 Å². The van der Waals surface area contributed by atoms with Crippen LogP contribution < -0.4 is 10.5 Å². The quantitative estimate of drug-likeness (QED) is 0.668. The summed E-state index contributed by atoms with van der Waals surface area (Å²) in [6.45, 7) is 0.569. The largest absolute Gasteiger partial charge is 0.408 e. The summed E-state index contributed by atoms with van der Waals surface area (Å²) < 4.78 is 65.3. The molecular weight excluding hydrogens is 423 g/mol. The van der Waals surface area contributed by atoms with Crippen molar-refractivity contribution in [2.24, 2.45) is 7.05 Å². The highest BCUT2D eigenvalue weighted by Gasteiger charge is 2.30. The molecule has 3 rings (SSSR count). The molecule has 1 aliphatic heterocycles. The standard InChI is InChI=1S/C16H18ClF5N6O/c1-25-7-10(13(24-25)14(18)19)8-26-2-4-27(5-3-26)11-6-23-28(9-16(20,21)22)15(29)12(11)17/h6-7,14H,2-5,8-9H2,1H3. The van der Waals surface area contributed by atoms with Crippen LogP contribution >= 0.6 is 11.6 Å². The Balaban J connectivity index is 1.67. The molecule has 7 nitrogen and oxygen atoms in total. The number of rotatable bonds is 5. The van der Waals surface area contributed by atoms with Gasteiger partial charge in [-0.2, -0.15) is 23.4 Å². The fourth-order valence-electron chi connectivity index (χ4n) is 3.21. The molecular formula is C16H18ClF5N6O. The van der Waals surface area contributed by atoms with Gasteiger partial charge in [-0.25, -0.2) is 13.5 Å². The normalized spacial score (nSPS) is 16.1. The highest BCUT2D eigenvalue weighted by molar-refractivity contribution is 6.33. The predicted molar refractivity (Wildman–Crippen MR) is 95.2 cm³/mol. The molecule has 2 aromatic heterocycles. The topological polar surface area (TPSA) is 59.2 Å². The molecule has 0 aliphatic carbocycles. The van der Waals surface area contributed by atoms with Crippen LogP contribution in [-0.2, 0) is 20.1 Å². The van der Waals surface area contributed by atoms with Gasteiger partial charge in [0, 0.05) is 51.5 Å². The smallest absolute Gasteiger partial charge is 0.366 e. The Hall–Kier alpha value is -2.21. The molecule has 160 valence electrons. The van der Waals surface area contributed by atoms with E-state index >= 15 is 0 Å². The Morgan fingerprint density at radius 1 is 1.21 bits per heavy atom. The van der Waals surface area contributed by atoms with Gasteiger partial charge >= 0.3 is 6.18 Å². The average Bonchev–Trinajstić information content (AvgIpc) is 3.00. The molecule has 0 saturated carbocycles. The first-order valence-corrected chi connectivity index (χ1v) is 9.03. The minimum absolute atomic E-state index is 0.254. The van der Waals surface area contributed by atoms with Crippen LogP contribution in [0.25, 0.3) is 0 Å². The van der Waals surface area contributed by atoms with Crippen LogP contribution in [0.15, 0.2) is 17.2 Å². The molecule has 0 aromatic carbocycles. The second-order valence-electron chi connectivity index (χ2n) is 6.70. The van der Waals surface area contributed by atoms with Gasteiger partial charge in [-0.15, -0.1) is 0 Å². The maximum absolute atomic E-state index is 13.1. The van der Waals surface area contributed by atoms with Crippen LogP contribution in [0.5, 0.6) is 0 Å². The molecule has 2 aromatic rings. The third kappa shape index (κ3) is 5.04. The molecule has 3 heterocycles. The third-order valence-electron chi connectivity index (χ3n) is 4.55. The zero-order valence-electron chi connectivity index (χ0n) is 15.3. The molecule has 1 saturated heterocycles. The summed E-state index contributed by atoms with van der Waals surface area (Å²) in [6, 6.07) is 0. The Labute approximate surface area is 167 Å².